The molecule has 0 saturated carbocycles. The summed E-state index contributed by atoms with van der Waals surface area (Å²) >= 11 is 5.89. The number of nitrogens with one attached hydrogen (secondary N) is 1. The van der Waals surface area contributed by atoms with Crippen LogP contribution in [0.15, 0.2) is 35.2 Å². The Bertz CT molecular complexity index is 810. The number of rotatable bonds is 3. The molecule has 2 aromatic rings. The second-order valence-electron chi connectivity index (χ2n) is 4.32. The van der Waals surface area contributed by atoms with E-state index in [4.69, 9.17) is 17.3 Å². The quantitative estimate of drug-likeness (QED) is 0.847. The zero-order valence-corrected chi connectivity index (χ0v) is 12.4. The maximum absolute atomic E-state index is 13.7. The van der Waals surface area contributed by atoms with Gasteiger partial charge in [-0.3, -0.25) is 4.72 Å². The monoisotopic (exact) mass is 332 g/mol. The van der Waals surface area contributed by atoms with Crippen LogP contribution < -0.4 is 10.5 Å². The summed E-state index contributed by atoms with van der Waals surface area (Å²) in [5, 5.41) is 0.356. The van der Waals surface area contributed by atoms with E-state index in [1.807, 2.05) is 0 Å². The molecule has 21 heavy (non-hydrogen) atoms. The molecule has 4 nitrogen and oxygen atoms in total. The van der Waals surface area contributed by atoms with Crippen LogP contribution in [0.4, 0.5) is 20.2 Å². The maximum atomic E-state index is 13.7. The van der Waals surface area contributed by atoms with Crippen molar-refractivity contribution < 1.29 is 17.2 Å². The molecular formula is C13H11ClF2N2O2S. The predicted octanol–water partition coefficient (Wildman–Crippen LogP) is 3.31. The number of nitrogen functional groups attached to an aromatic ring is 1. The van der Waals surface area contributed by atoms with Gasteiger partial charge in [-0.05, 0) is 30.7 Å². The van der Waals surface area contributed by atoms with E-state index in [1.165, 1.54) is 6.07 Å². The number of hydrogen-bond acceptors (Lipinski definition) is 3. The van der Waals surface area contributed by atoms with Gasteiger partial charge in [0.05, 0.1) is 11.4 Å². The standard InChI is InChI=1S/C13H11ClF2N2O2S/c1-7-8(14)3-2-4-12(7)18-21(19,20)13-6-11(17)9(15)5-10(13)16/h2-6,18H,17H2,1H3. The van der Waals surface area contributed by atoms with Gasteiger partial charge in [0.1, 0.15) is 16.5 Å². The summed E-state index contributed by atoms with van der Waals surface area (Å²) in [7, 11) is -4.25. The number of nitrogens with two attached hydrogens (primary N) is 1. The van der Waals surface area contributed by atoms with E-state index in [-0.39, 0.29) is 5.69 Å². The molecule has 0 amide bonds. The Morgan fingerprint density at radius 2 is 1.86 bits per heavy atom. The van der Waals surface area contributed by atoms with Crippen LogP contribution in [0.25, 0.3) is 0 Å². The average molecular weight is 333 g/mol. The van der Waals surface area contributed by atoms with Crippen LogP contribution >= 0.6 is 11.6 Å². The second-order valence-corrected chi connectivity index (χ2v) is 6.38. The molecule has 0 aliphatic rings. The molecule has 112 valence electrons. The van der Waals surface area contributed by atoms with Gasteiger partial charge in [0, 0.05) is 11.1 Å². The van der Waals surface area contributed by atoms with Gasteiger partial charge in [0.2, 0.25) is 0 Å². The molecule has 0 aliphatic carbocycles. The van der Waals surface area contributed by atoms with Crippen molar-refractivity contribution in [3.8, 4) is 0 Å². The summed E-state index contributed by atoms with van der Waals surface area (Å²) in [6.45, 7) is 1.61. The van der Waals surface area contributed by atoms with E-state index < -0.39 is 32.2 Å². The maximum Gasteiger partial charge on any atom is 0.264 e. The SMILES string of the molecule is Cc1c(Cl)cccc1NS(=O)(=O)c1cc(N)c(F)cc1F. The van der Waals surface area contributed by atoms with E-state index in [0.29, 0.717) is 16.7 Å². The summed E-state index contributed by atoms with van der Waals surface area (Å²) in [5.74, 6) is -2.25. The third-order valence-electron chi connectivity index (χ3n) is 2.85. The number of anilines is 2. The van der Waals surface area contributed by atoms with Gasteiger partial charge in [0.25, 0.3) is 10.0 Å². The van der Waals surface area contributed by atoms with Crippen molar-refractivity contribution in [2.45, 2.75) is 11.8 Å². The molecule has 2 aromatic carbocycles. The summed E-state index contributed by atoms with van der Waals surface area (Å²) < 4.78 is 53.3. The van der Waals surface area contributed by atoms with E-state index in [1.54, 1.807) is 19.1 Å². The number of halogens is 3. The molecule has 3 N–H and O–H groups in total. The zero-order chi connectivity index (χ0) is 15.8. The Labute approximate surface area is 125 Å². The summed E-state index contributed by atoms with van der Waals surface area (Å²) in [6, 6.07) is 5.76. The third kappa shape index (κ3) is 3.08. The largest absolute Gasteiger partial charge is 0.396 e. The Balaban J connectivity index is 2.48. The fourth-order valence-electron chi connectivity index (χ4n) is 1.67. The van der Waals surface area contributed by atoms with Crippen molar-refractivity contribution in [2.24, 2.45) is 0 Å². The topological polar surface area (TPSA) is 72.2 Å². The van der Waals surface area contributed by atoms with Crippen LogP contribution in [0.5, 0.6) is 0 Å². The normalized spacial score (nSPS) is 11.4. The summed E-state index contributed by atoms with van der Waals surface area (Å²) in [4.78, 5) is -0.735. The van der Waals surface area contributed by atoms with Crippen LogP contribution in [-0.2, 0) is 10.0 Å². The lowest BCUT2D eigenvalue weighted by Gasteiger charge is -2.12. The van der Waals surface area contributed by atoms with E-state index in [9.17, 15) is 17.2 Å². The lowest BCUT2D eigenvalue weighted by Crippen LogP contribution is -2.16. The van der Waals surface area contributed by atoms with E-state index in [0.717, 1.165) is 6.07 Å². The van der Waals surface area contributed by atoms with Crippen molar-refractivity contribution in [1.82, 2.24) is 0 Å². The highest BCUT2D eigenvalue weighted by Gasteiger charge is 2.22. The third-order valence-corrected chi connectivity index (χ3v) is 4.64. The van der Waals surface area contributed by atoms with Gasteiger partial charge < -0.3 is 5.73 Å². The minimum atomic E-state index is -4.25. The summed E-state index contributed by atoms with van der Waals surface area (Å²) in [5.41, 5.74) is 5.50. The Morgan fingerprint density at radius 1 is 1.19 bits per heavy atom. The first kappa shape index (κ1) is 15.5. The predicted molar refractivity (Wildman–Crippen MR) is 77.8 cm³/mol. The van der Waals surface area contributed by atoms with Crippen LogP contribution in [0.3, 0.4) is 0 Å². The molecule has 0 aromatic heterocycles. The van der Waals surface area contributed by atoms with Crippen LogP contribution in [-0.4, -0.2) is 8.42 Å². The first-order chi connectivity index (χ1) is 9.72. The summed E-state index contributed by atoms with van der Waals surface area (Å²) in [6.07, 6.45) is 0. The Hall–Kier alpha value is -1.86. The van der Waals surface area contributed by atoms with Gasteiger partial charge in [-0.1, -0.05) is 17.7 Å². The lowest BCUT2D eigenvalue weighted by molar-refractivity contribution is 0.553. The molecular weight excluding hydrogens is 322 g/mol. The number of hydrogen-bond donors (Lipinski definition) is 2. The van der Waals surface area contributed by atoms with Gasteiger partial charge in [-0.25, -0.2) is 17.2 Å². The molecule has 0 fully saturated rings. The van der Waals surface area contributed by atoms with Crippen molar-refractivity contribution in [1.29, 1.82) is 0 Å². The molecule has 8 heteroatoms. The molecule has 0 saturated heterocycles. The average Bonchev–Trinajstić information content (AvgIpc) is 2.39. The highest BCUT2D eigenvalue weighted by molar-refractivity contribution is 7.92. The number of sulfonamides is 1. The minimum absolute atomic E-state index is 0.199. The Morgan fingerprint density at radius 3 is 2.52 bits per heavy atom. The first-order valence-corrected chi connectivity index (χ1v) is 7.61. The van der Waals surface area contributed by atoms with Gasteiger partial charge in [0.15, 0.2) is 0 Å². The molecule has 2 rings (SSSR count). The van der Waals surface area contributed by atoms with Crippen LogP contribution in [0, 0.1) is 18.6 Å². The molecule has 0 spiro atoms. The molecule has 0 heterocycles. The van der Waals surface area contributed by atoms with Crippen molar-refractivity contribution in [3.05, 3.63) is 52.6 Å². The van der Waals surface area contributed by atoms with Gasteiger partial charge in [-0.2, -0.15) is 0 Å². The van der Waals surface area contributed by atoms with Crippen LogP contribution in [0.1, 0.15) is 5.56 Å². The molecule has 0 unspecified atom stereocenters. The smallest absolute Gasteiger partial charge is 0.264 e. The van der Waals surface area contributed by atoms with Crippen LogP contribution in [0.2, 0.25) is 5.02 Å². The highest BCUT2D eigenvalue weighted by Crippen LogP contribution is 2.27. The lowest BCUT2D eigenvalue weighted by atomic mass is 10.2. The van der Waals surface area contributed by atoms with Crippen molar-refractivity contribution in [3.63, 3.8) is 0 Å². The highest BCUT2D eigenvalue weighted by atomic mass is 35.5. The Kier molecular flexibility index (Phi) is 4.06. The van der Waals surface area contributed by atoms with E-state index >= 15 is 0 Å². The number of benzene rings is 2. The molecule has 0 bridgehead atoms. The van der Waals surface area contributed by atoms with Crippen molar-refractivity contribution >= 4 is 33.0 Å². The minimum Gasteiger partial charge on any atom is -0.396 e. The fraction of sp³-hybridized carbons (Fsp3) is 0.0769. The fourth-order valence-corrected chi connectivity index (χ4v) is 3.06. The van der Waals surface area contributed by atoms with Gasteiger partial charge >= 0.3 is 0 Å². The molecule has 0 radical (unpaired) electrons. The molecule has 0 aliphatic heterocycles. The molecule has 0 atom stereocenters. The second kappa shape index (κ2) is 5.50. The first-order valence-electron chi connectivity index (χ1n) is 5.75. The zero-order valence-electron chi connectivity index (χ0n) is 10.8. The van der Waals surface area contributed by atoms with Crippen molar-refractivity contribution in [2.75, 3.05) is 10.5 Å². The van der Waals surface area contributed by atoms with E-state index in [2.05, 4.69) is 4.72 Å². The van der Waals surface area contributed by atoms with Gasteiger partial charge in [-0.15, -0.1) is 0 Å².